The van der Waals surface area contributed by atoms with E-state index in [9.17, 15) is 14.4 Å². The Balaban J connectivity index is 0.948. The van der Waals surface area contributed by atoms with Crippen molar-refractivity contribution >= 4 is 40.7 Å². The average Bonchev–Trinajstić information content (AvgIpc) is 3.89. The maximum Gasteiger partial charge on any atom is 0.328 e. The number of nitrogens with one attached hydrogen (secondary N) is 1. The molecule has 3 saturated heterocycles. The first-order valence-corrected chi connectivity index (χ1v) is 20.4. The van der Waals surface area contributed by atoms with Crippen LogP contribution in [0, 0.1) is 0 Å². The molecule has 0 aliphatic carbocycles. The summed E-state index contributed by atoms with van der Waals surface area (Å²) in [6.45, 7) is 6.46. The molecule has 16 heteroatoms. The number of methoxy groups -OCH3 is 1. The van der Waals surface area contributed by atoms with Crippen molar-refractivity contribution in [2.45, 2.75) is 83.3 Å². The molecular weight excluding hydrogens is 749 g/mol. The minimum Gasteiger partial charge on any atom is -0.494 e. The molecule has 0 atom stereocenters. The Kier molecular flexibility index (Phi) is 10.3. The molecule has 0 spiro atoms. The average molecular weight is 798 g/mol. The van der Waals surface area contributed by atoms with E-state index in [2.05, 4.69) is 19.8 Å². The van der Waals surface area contributed by atoms with Gasteiger partial charge in [0, 0.05) is 112 Å². The van der Waals surface area contributed by atoms with Gasteiger partial charge in [-0.05, 0) is 73.9 Å². The highest BCUT2D eigenvalue weighted by molar-refractivity contribution is 6.06. The zero-order valence-electron chi connectivity index (χ0n) is 33.0. The highest BCUT2D eigenvalue weighted by Crippen LogP contribution is 2.44. The molecule has 4 amide bonds. The van der Waals surface area contributed by atoms with Gasteiger partial charge in [-0.3, -0.25) is 29.2 Å². The molecule has 0 unspecified atom stereocenters. The standard InChI is InChI=1S/C42H49F2N9O5/c1-26(54)49-16-9-35-34(25-49)41(47-53(35)30-11-18-58-19-12-30)50-13-3-4-27-20-32(33(40(43)44)22-37(27)50)28-23-45-52(24-28)29-7-14-48(15-8-29)31-5-6-36(38(21-31)57-2)51-17-10-39(55)46-42(51)56/h5-6,20-24,29-30,40H,3-4,7-19,25H2,1-2H3,(H,46,55,56). The molecule has 0 radical (unpaired) electrons. The number of aromatic nitrogens is 4. The summed E-state index contributed by atoms with van der Waals surface area (Å²) in [4.78, 5) is 44.4. The van der Waals surface area contributed by atoms with Crippen LogP contribution in [-0.2, 0) is 33.7 Å². The maximum atomic E-state index is 15.1. The van der Waals surface area contributed by atoms with Gasteiger partial charge >= 0.3 is 6.03 Å². The van der Waals surface area contributed by atoms with Gasteiger partial charge < -0.3 is 24.2 Å². The van der Waals surface area contributed by atoms with Crippen molar-refractivity contribution in [2.75, 3.05) is 67.7 Å². The normalized spacial score (nSPS) is 19.4. The lowest BCUT2D eigenvalue weighted by atomic mass is 9.92. The first kappa shape index (κ1) is 38.0. The summed E-state index contributed by atoms with van der Waals surface area (Å²) < 4.78 is 45.6. The number of amides is 4. The van der Waals surface area contributed by atoms with Crippen molar-refractivity contribution < 1.29 is 32.6 Å². The van der Waals surface area contributed by atoms with Crippen molar-refractivity contribution in [3.8, 4) is 16.9 Å². The van der Waals surface area contributed by atoms with Crippen molar-refractivity contribution in [1.29, 1.82) is 0 Å². The van der Waals surface area contributed by atoms with Crippen LogP contribution in [0.3, 0.4) is 0 Å². The number of alkyl halides is 2. The van der Waals surface area contributed by atoms with Crippen molar-refractivity contribution in [3.05, 3.63) is 65.1 Å². The van der Waals surface area contributed by atoms with Gasteiger partial charge in [-0.25, -0.2) is 13.6 Å². The number of carbonyl (C=O) groups excluding carboxylic acids is 3. The SMILES string of the molecule is COc1cc(N2CCC(n3cc(-c4cc5c(cc4C(F)F)N(c4nn(C6CCOCC6)c6c4CN(C(C)=O)CC6)CCC5)cn3)CC2)ccc1N1CCC(=O)NC1=O. The van der Waals surface area contributed by atoms with Crippen LogP contribution in [0.2, 0.25) is 0 Å². The fraction of sp³-hybridized carbons (Fsp3) is 0.500. The molecule has 5 aliphatic rings. The maximum absolute atomic E-state index is 15.1. The number of anilines is 4. The highest BCUT2D eigenvalue weighted by atomic mass is 19.3. The number of carbonyl (C=O) groups is 3. The van der Waals surface area contributed by atoms with Crippen molar-refractivity contribution in [3.63, 3.8) is 0 Å². The largest absolute Gasteiger partial charge is 0.494 e. The Bertz CT molecular complexity index is 2230. The van der Waals surface area contributed by atoms with Crippen LogP contribution >= 0.6 is 0 Å². The first-order valence-electron chi connectivity index (χ1n) is 20.4. The number of fused-ring (bicyclic) bond motifs is 2. The Morgan fingerprint density at radius 1 is 0.931 bits per heavy atom. The number of rotatable bonds is 8. The molecule has 1 N–H and O–H groups in total. The second-order valence-electron chi connectivity index (χ2n) is 15.9. The van der Waals surface area contributed by atoms with E-state index in [1.807, 2.05) is 40.0 Å². The fourth-order valence-corrected chi connectivity index (χ4v) is 9.39. The third-order valence-corrected chi connectivity index (χ3v) is 12.5. The molecule has 14 nitrogen and oxygen atoms in total. The molecule has 4 aromatic rings. The van der Waals surface area contributed by atoms with E-state index < -0.39 is 12.5 Å². The molecule has 0 bridgehead atoms. The lowest BCUT2D eigenvalue weighted by Crippen LogP contribution is -2.49. The predicted molar refractivity (Wildman–Crippen MR) is 213 cm³/mol. The van der Waals surface area contributed by atoms with Gasteiger partial charge in [-0.2, -0.15) is 10.2 Å². The van der Waals surface area contributed by atoms with Crippen molar-refractivity contribution in [2.24, 2.45) is 0 Å². The molecule has 7 heterocycles. The van der Waals surface area contributed by atoms with Crippen LogP contribution in [0.5, 0.6) is 5.75 Å². The summed E-state index contributed by atoms with van der Waals surface area (Å²) >= 11 is 0. The number of imide groups is 1. The van der Waals surface area contributed by atoms with Gasteiger partial charge in [0.2, 0.25) is 11.8 Å². The zero-order valence-corrected chi connectivity index (χ0v) is 33.0. The summed E-state index contributed by atoms with van der Waals surface area (Å²) in [6.07, 6.45) is 6.77. The van der Waals surface area contributed by atoms with E-state index in [4.69, 9.17) is 19.7 Å². The number of benzene rings is 2. The van der Waals surface area contributed by atoms with Gasteiger partial charge in [0.25, 0.3) is 6.43 Å². The molecule has 5 aliphatic heterocycles. The number of aryl methyl sites for hydroxylation is 1. The second kappa shape index (κ2) is 15.7. The molecule has 58 heavy (non-hydrogen) atoms. The number of halogens is 2. The Hall–Kier alpha value is -5.51. The second-order valence-corrected chi connectivity index (χ2v) is 15.9. The number of urea groups is 1. The van der Waals surface area contributed by atoms with Gasteiger partial charge in [0.05, 0.1) is 37.6 Å². The van der Waals surface area contributed by atoms with E-state index in [1.54, 1.807) is 26.3 Å². The lowest BCUT2D eigenvalue weighted by Gasteiger charge is -2.34. The highest BCUT2D eigenvalue weighted by Gasteiger charge is 2.35. The van der Waals surface area contributed by atoms with E-state index in [-0.39, 0.29) is 42.4 Å². The van der Waals surface area contributed by atoms with Crippen LogP contribution < -0.4 is 24.8 Å². The number of piperidine rings is 1. The monoisotopic (exact) mass is 797 g/mol. The molecule has 2 aromatic heterocycles. The quantitative estimate of drug-likeness (QED) is 0.218. The molecular formula is C42H49F2N9O5. The zero-order chi connectivity index (χ0) is 40.1. The summed E-state index contributed by atoms with van der Waals surface area (Å²) in [6, 6.07) is 9.15. The van der Waals surface area contributed by atoms with Gasteiger partial charge in [-0.15, -0.1) is 0 Å². The van der Waals surface area contributed by atoms with E-state index in [0.717, 1.165) is 85.6 Å². The summed E-state index contributed by atoms with van der Waals surface area (Å²) in [7, 11) is 1.56. The number of hydrogen-bond acceptors (Lipinski definition) is 9. The molecule has 0 saturated carbocycles. The molecule has 9 rings (SSSR count). The lowest BCUT2D eigenvalue weighted by molar-refractivity contribution is -0.129. The molecule has 2 aromatic carbocycles. The fourth-order valence-electron chi connectivity index (χ4n) is 9.39. The Morgan fingerprint density at radius 2 is 1.74 bits per heavy atom. The van der Waals surface area contributed by atoms with Crippen LogP contribution in [0.1, 0.15) is 86.3 Å². The van der Waals surface area contributed by atoms with Gasteiger partial charge in [-0.1, -0.05) is 0 Å². The smallest absolute Gasteiger partial charge is 0.328 e. The van der Waals surface area contributed by atoms with Crippen LogP contribution in [0.4, 0.5) is 36.5 Å². The van der Waals surface area contributed by atoms with Gasteiger partial charge in [0.1, 0.15) is 5.75 Å². The summed E-state index contributed by atoms with van der Waals surface area (Å²) in [5, 5.41) is 12.3. The Labute approximate surface area is 335 Å². The molecule has 306 valence electrons. The van der Waals surface area contributed by atoms with E-state index in [1.165, 1.54) is 4.90 Å². The topological polar surface area (TPSA) is 130 Å². The van der Waals surface area contributed by atoms with Gasteiger partial charge in [0.15, 0.2) is 5.82 Å². The minimum absolute atomic E-state index is 0.0164. The number of hydrogen-bond donors (Lipinski definition) is 1. The van der Waals surface area contributed by atoms with Crippen molar-refractivity contribution in [1.82, 2.24) is 29.8 Å². The number of nitrogens with zero attached hydrogens (tertiary/aromatic N) is 8. The predicted octanol–water partition coefficient (Wildman–Crippen LogP) is 6.32. The van der Waals surface area contributed by atoms with Crippen LogP contribution in [-0.4, -0.2) is 95.4 Å². The Morgan fingerprint density at radius 3 is 2.48 bits per heavy atom. The third kappa shape index (κ3) is 7.04. The summed E-state index contributed by atoms with van der Waals surface area (Å²) in [5.74, 6) is 1.04. The third-order valence-electron chi connectivity index (χ3n) is 12.5. The van der Waals surface area contributed by atoms with Crippen LogP contribution in [0.25, 0.3) is 11.1 Å². The minimum atomic E-state index is -2.70. The van der Waals surface area contributed by atoms with E-state index in [0.29, 0.717) is 61.8 Å². The summed E-state index contributed by atoms with van der Waals surface area (Å²) in [5.41, 5.74) is 6.59. The van der Waals surface area contributed by atoms with E-state index >= 15 is 8.78 Å². The number of ether oxygens (including phenoxy) is 2. The molecule has 3 fully saturated rings. The first-order chi connectivity index (χ1) is 28.2. The van der Waals surface area contributed by atoms with Crippen LogP contribution in [0.15, 0.2) is 42.7 Å².